The molecule has 152 valence electrons. The molecule has 0 saturated carbocycles. The predicted octanol–water partition coefficient (Wildman–Crippen LogP) is 1.77. The van der Waals surface area contributed by atoms with Gasteiger partial charge < -0.3 is 24.5 Å². The van der Waals surface area contributed by atoms with Crippen molar-refractivity contribution in [1.82, 2.24) is 19.8 Å². The zero-order valence-corrected chi connectivity index (χ0v) is 16.7. The summed E-state index contributed by atoms with van der Waals surface area (Å²) in [6, 6.07) is 7.45. The number of nitrogens with zero attached hydrogens (tertiary/aromatic N) is 2. The van der Waals surface area contributed by atoms with Gasteiger partial charge in [-0.3, -0.25) is 14.4 Å². The second-order valence-electron chi connectivity index (χ2n) is 7.42. The number of fused-ring (bicyclic) bond motifs is 3. The van der Waals surface area contributed by atoms with Crippen LogP contribution in [0.3, 0.4) is 0 Å². The number of benzene rings is 1. The van der Waals surface area contributed by atoms with Crippen molar-refractivity contribution >= 4 is 33.6 Å². The number of carbonyl (C=O) groups excluding carboxylic acids is 2. The number of methoxy groups -OCH3 is 1. The Morgan fingerprint density at radius 3 is 2.55 bits per heavy atom. The van der Waals surface area contributed by atoms with E-state index in [1.807, 2.05) is 24.3 Å². The SMILES string of the molecule is COc1c(C(=O)NC2CCN(C(C)=O)CC2)n(C)c2c1c(=O)[nH]c1ccccc12. The topological polar surface area (TPSA) is 96.4 Å². The summed E-state index contributed by atoms with van der Waals surface area (Å²) in [5.41, 5.74) is 1.40. The minimum atomic E-state index is -0.292. The van der Waals surface area contributed by atoms with Gasteiger partial charge in [0, 0.05) is 38.5 Å². The number of rotatable bonds is 3. The first-order valence-corrected chi connectivity index (χ1v) is 9.66. The number of aromatic amines is 1. The molecule has 0 unspecified atom stereocenters. The second-order valence-corrected chi connectivity index (χ2v) is 7.42. The zero-order valence-electron chi connectivity index (χ0n) is 16.7. The van der Waals surface area contributed by atoms with E-state index in [4.69, 9.17) is 4.74 Å². The number of nitrogens with one attached hydrogen (secondary N) is 2. The van der Waals surface area contributed by atoms with Crippen LogP contribution in [-0.4, -0.2) is 52.5 Å². The number of piperidine rings is 1. The quantitative estimate of drug-likeness (QED) is 0.705. The zero-order chi connectivity index (χ0) is 20.7. The van der Waals surface area contributed by atoms with Gasteiger partial charge in [-0.2, -0.15) is 0 Å². The molecule has 0 radical (unpaired) electrons. The fourth-order valence-corrected chi connectivity index (χ4v) is 4.21. The lowest BCUT2D eigenvalue weighted by Crippen LogP contribution is -2.46. The van der Waals surface area contributed by atoms with Crippen LogP contribution in [0.1, 0.15) is 30.3 Å². The van der Waals surface area contributed by atoms with Crippen LogP contribution in [0.4, 0.5) is 0 Å². The molecule has 4 rings (SSSR count). The monoisotopic (exact) mass is 396 g/mol. The lowest BCUT2D eigenvalue weighted by molar-refractivity contribution is -0.129. The number of hydrogen-bond acceptors (Lipinski definition) is 4. The highest BCUT2D eigenvalue weighted by Crippen LogP contribution is 2.33. The van der Waals surface area contributed by atoms with Crippen molar-refractivity contribution in [3.63, 3.8) is 0 Å². The minimum Gasteiger partial charge on any atom is -0.493 e. The lowest BCUT2D eigenvalue weighted by Gasteiger charge is -2.31. The van der Waals surface area contributed by atoms with Gasteiger partial charge in [-0.05, 0) is 18.9 Å². The molecule has 2 N–H and O–H groups in total. The number of aryl methyl sites for hydroxylation is 1. The van der Waals surface area contributed by atoms with E-state index in [-0.39, 0.29) is 29.2 Å². The van der Waals surface area contributed by atoms with Gasteiger partial charge >= 0.3 is 0 Å². The number of aromatic nitrogens is 2. The Hall–Kier alpha value is -3.29. The molecule has 1 aliphatic rings. The maximum absolute atomic E-state index is 13.1. The number of likely N-dealkylation sites (tertiary alicyclic amines) is 1. The summed E-state index contributed by atoms with van der Waals surface area (Å²) in [7, 11) is 3.23. The predicted molar refractivity (Wildman–Crippen MR) is 110 cm³/mol. The van der Waals surface area contributed by atoms with Gasteiger partial charge in [0.2, 0.25) is 5.91 Å². The summed E-state index contributed by atoms with van der Waals surface area (Å²) in [4.78, 5) is 42.0. The van der Waals surface area contributed by atoms with Crippen molar-refractivity contribution in [1.29, 1.82) is 0 Å². The lowest BCUT2D eigenvalue weighted by atomic mass is 10.0. The molecule has 0 atom stereocenters. The molecule has 0 aliphatic carbocycles. The Morgan fingerprint density at radius 2 is 1.90 bits per heavy atom. The number of hydrogen-bond donors (Lipinski definition) is 2. The Morgan fingerprint density at radius 1 is 1.21 bits per heavy atom. The Bertz CT molecular complexity index is 1170. The molecule has 0 bridgehead atoms. The Kier molecular flexibility index (Phi) is 4.77. The van der Waals surface area contributed by atoms with Crippen LogP contribution < -0.4 is 15.6 Å². The highest BCUT2D eigenvalue weighted by molar-refractivity contribution is 6.11. The number of ether oxygens (including phenoxy) is 1. The van der Waals surface area contributed by atoms with Crippen LogP contribution in [0.5, 0.6) is 5.75 Å². The van der Waals surface area contributed by atoms with Crippen LogP contribution in [0.25, 0.3) is 21.8 Å². The molecule has 8 nitrogen and oxygen atoms in total. The highest BCUT2D eigenvalue weighted by atomic mass is 16.5. The van der Waals surface area contributed by atoms with Gasteiger partial charge in [0.05, 0.1) is 18.1 Å². The summed E-state index contributed by atoms with van der Waals surface area (Å²) in [5, 5.41) is 4.26. The van der Waals surface area contributed by atoms with Crippen molar-refractivity contribution < 1.29 is 14.3 Å². The Balaban J connectivity index is 1.74. The van der Waals surface area contributed by atoms with E-state index >= 15 is 0 Å². The minimum absolute atomic E-state index is 0.0316. The number of amides is 2. The van der Waals surface area contributed by atoms with Crippen LogP contribution in [-0.2, 0) is 11.8 Å². The van der Waals surface area contributed by atoms with Crippen LogP contribution in [0.2, 0.25) is 0 Å². The van der Waals surface area contributed by atoms with Crippen LogP contribution in [0, 0.1) is 0 Å². The molecule has 1 aromatic carbocycles. The molecule has 1 fully saturated rings. The van der Waals surface area contributed by atoms with Crippen LogP contribution in [0.15, 0.2) is 29.1 Å². The average Bonchev–Trinajstić information content (AvgIpc) is 3.02. The third kappa shape index (κ3) is 3.14. The van der Waals surface area contributed by atoms with E-state index in [2.05, 4.69) is 10.3 Å². The summed E-state index contributed by atoms with van der Waals surface area (Å²) < 4.78 is 7.24. The van der Waals surface area contributed by atoms with Gasteiger partial charge in [0.1, 0.15) is 5.39 Å². The van der Waals surface area contributed by atoms with Gasteiger partial charge in [0.15, 0.2) is 11.4 Å². The first-order valence-electron chi connectivity index (χ1n) is 9.66. The van der Waals surface area contributed by atoms with Crippen molar-refractivity contribution in [3.8, 4) is 5.75 Å². The maximum Gasteiger partial charge on any atom is 0.272 e. The summed E-state index contributed by atoms with van der Waals surface area (Å²) in [6.07, 6.45) is 1.39. The number of pyridine rings is 1. The van der Waals surface area contributed by atoms with Gasteiger partial charge in [0.25, 0.3) is 11.5 Å². The molecule has 29 heavy (non-hydrogen) atoms. The molecule has 3 aromatic rings. The van der Waals surface area contributed by atoms with Gasteiger partial charge in [-0.1, -0.05) is 18.2 Å². The van der Waals surface area contributed by atoms with E-state index in [1.54, 1.807) is 23.4 Å². The first kappa shape index (κ1) is 19.0. The second kappa shape index (κ2) is 7.27. The molecule has 2 amide bonds. The van der Waals surface area contributed by atoms with Gasteiger partial charge in [-0.25, -0.2) is 0 Å². The number of para-hydroxylation sites is 1. The molecular formula is C21H24N4O4. The van der Waals surface area contributed by atoms with Crippen molar-refractivity contribution in [2.75, 3.05) is 20.2 Å². The maximum atomic E-state index is 13.1. The smallest absolute Gasteiger partial charge is 0.272 e. The summed E-state index contributed by atoms with van der Waals surface area (Å²) in [5.74, 6) is 0.0368. The van der Waals surface area contributed by atoms with Crippen LogP contribution >= 0.6 is 0 Å². The molecule has 3 heterocycles. The summed E-state index contributed by atoms with van der Waals surface area (Å²) in [6.45, 7) is 2.80. The molecule has 0 spiro atoms. The molecule has 2 aromatic heterocycles. The van der Waals surface area contributed by atoms with E-state index in [0.29, 0.717) is 48.0 Å². The van der Waals surface area contributed by atoms with Crippen molar-refractivity contribution in [3.05, 3.63) is 40.3 Å². The highest BCUT2D eigenvalue weighted by Gasteiger charge is 2.28. The fourth-order valence-electron chi connectivity index (χ4n) is 4.21. The van der Waals surface area contributed by atoms with Crippen molar-refractivity contribution in [2.24, 2.45) is 7.05 Å². The van der Waals surface area contributed by atoms with E-state index < -0.39 is 0 Å². The largest absolute Gasteiger partial charge is 0.493 e. The third-order valence-corrected chi connectivity index (χ3v) is 5.70. The van der Waals surface area contributed by atoms with E-state index in [9.17, 15) is 14.4 Å². The fraction of sp³-hybridized carbons (Fsp3) is 0.381. The average molecular weight is 396 g/mol. The van der Waals surface area contributed by atoms with Gasteiger partial charge in [-0.15, -0.1) is 0 Å². The van der Waals surface area contributed by atoms with E-state index in [1.165, 1.54) is 7.11 Å². The van der Waals surface area contributed by atoms with Crippen molar-refractivity contribution in [2.45, 2.75) is 25.8 Å². The molecular weight excluding hydrogens is 372 g/mol. The number of H-pyrrole nitrogens is 1. The number of carbonyl (C=O) groups is 2. The van der Waals surface area contributed by atoms with E-state index in [0.717, 1.165) is 5.39 Å². The standard InChI is InChI=1S/C21H24N4O4/c1-12(26)25-10-8-13(9-11-25)22-21(28)18-19(29-3)16-17(24(18)2)14-6-4-5-7-15(14)23-20(16)27/h4-7,13H,8-11H2,1-3H3,(H,22,28)(H,23,27). The Labute approximate surface area is 167 Å². The molecule has 8 heteroatoms. The normalized spacial score (nSPS) is 15.1. The first-order chi connectivity index (χ1) is 13.9. The molecule has 1 saturated heterocycles. The third-order valence-electron chi connectivity index (χ3n) is 5.70. The summed E-state index contributed by atoms with van der Waals surface area (Å²) >= 11 is 0. The molecule has 1 aliphatic heterocycles.